The highest BCUT2D eigenvalue weighted by molar-refractivity contribution is 5.59. The Labute approximate surface area is 336 Å². The van der Waals surface area contributed by atoms with Gasteiger partial charge in [-0.15, -0.1) is 0 Å². The Morgan fingerprint density at radius 1 is 0.357 bits per heavy atom. The van der Waals surface area contributed by atoms with Gasteiger partial charge in [0.15, 0.2) is 0 Å². The maximum atomic E-state index is 6.85. The number of rotatable bonds is 8. The molecule has 5 aliphatic carbocycles. The minimum Gasteiger partial charge on any atom is -0.493 e. The highest BCUT2D eigenvalue weighted by atomic mass is 16.5. The number of hydrogen-bond acceptors (Lipinski definition) is 4. The lowest BCUT2D eigenvalue weighted by molar-refractivity contribution is 0.285. The van der Waals surface area contributed by atoms with Gasteiger partial charge in [0.2, 0.25) is 0 Å². The van der Waals surface area contributed by atoms with Gasteiger partial charge < -0.3 is 18.9 Å². The van der Waals surface area contributed by atoms with E-state index in [9.17, 15) is 0 Å². The summed E-state index contributed by atoms with van der Waals surface area (Å²) >= 11 is 0. The van der Waals surface area contributed by atoms with Gasteiger partial charge in [-0.2, -0.15) is 0 Å². The van der Waals surface area contributed by atoms with Gasteiger partial charge in [-0.25, -0.2) is 0 Å². The fourth-order valence-corrected chi connectivity index (χ4v) is 11.2. The maximum Gasteiger partial charge on any atom is 0.126 e. The molecule has 0 spiro atoms. The van der Waals surface area contributed by atoms with Gasteiger partial charge in [-0.3, -0.25) is 0 Å². The average molecular weight is 753 g/mol. The van der Waals surface area contributed by atoms with E-state index in [1.165, 1.54) is 131 Å². The monoisotopic (exact) mass is 752 g/mol. The highest BCUT2D eigenvalue weighted by Gasteiger charge is 2.41. The standard InChI is InChI=1S/C52H64O4/c1-5-53-49-37-23-33-15-11-9-12-17-35-25-39(51(55-7-3)46(28-35)42-20-19-41(42)45(49)27-33)32-40-26-36-18-14-10-13-16-34-24-38(31-37)50(54-6-2)47(29-34)43-21-22-44(43)48(30-36)52(40)56-8-4/h23-30,41-44H,5-22,31-32H2,1-4H3/t41-,42+,43+,44-. The van der Waals surface area contributed by atoms with Crippen LogP contribution < -0.4 is 18.9 Å². The molecule has 9 rings (SSSR count). The summed E-state index contributed by atoms with van der Waals surface area (Å²) in [6.07, 6.45) is 18.1. The van der Waals surface area contributed by atoms with Crippen molar-refractivity contribution in [3.8, 4) is 23.0 Å². The third-order valence-electron chi connectivity index (χ3n) is 13.9. The fraction of sp³-hybridized carbons (Fsp3) is 0.538. The molecule has 4 heteroatoms. The van der Waals surface area contributed by atoms with Crippen LogP contribution in [0.4, 0.5) is 0 Å². The van der Waals surface area contributed by atoms with Crippen LogP contribution in [0.15, 0.2) is 48.5 Å². The Balaban J connectivity index is 1.36. The molecular weight excluding hydrogens is 689 g/mol. The summed E-state index contributed by atoms with van der Waals surface area (Å²) in [7, 11) is 0. The summed E-state index contributed by atoms with van der Waals surface area (Å²) in [5, 5.41) is 0. The highest BCUT2D eigenvalue weighted by Crippen LogP contribution is 2.58. The molecule has 0 saturated heterocycles. The van der Waals surface area contributed by atoms with Crippen molar-refractivity contribution >= 4 is 0 Å². The molecular formula is C52H64O4. The lowest BCUT2D eigenvalue weighted by Crippen LogP contribution is -2.25. The Bertz CT molecular complexity index is 1770. The van der Waals surface area contributed by atoms with Crippen molar-refractivity contribution in [1.29, 1.82) is 0 Å². The molecule has 0 aliphatic heterocycles. The third-order valence-corrected chi connectivity index (χ3v) is 13.9. The van der Waals surface area contributed by atoms with E-state index in [4.69, 9.17) is 18.9 Å². The predicted molar refractivity (Wildman–Crippen MR) is 228 cm³/mol. The molecule has 4 atom stereocenters. The number of aryl methyl sites for hydroxylation is 4. The first-order chi connectivity index (χ1) is 27.6. The lowest BCUT2D eigenvalue weighted by atomic mass is 9.64. The Kier molecular flexibility index (Phi) is 11.1. The van der Waals surface area contributed by atoms with Crippen molar-refractivity contribution in [2.75, 3.05) is 26.4 Å². The molecule has 56 heavy (non-hydrogen) atoms. The zero-order chi connectivity index (χ0) is 38.2. The van der Waals surface area contributed by atoms with Gasteiger partial charge in [-0.1, -0.05) is 61.4 Å². The molecule has 0 unspecified atom stereocenters. The van der Waals surface area contributed by atoms with E-state index in [1.54, 1.807) is 0 Å². The summed E-state index contributed by atoms with van der Waals surface area (Å²) < 4.78 is 27.4. The van der Waals surface area contributed by atoms with Gasteiger partial charge in [0, 0.05) is 12.8 Å². The molecule has 0 N–H and O–H groups in total. The summed E-state index contributed by atoms with van der Waals surface area (Å²) in [4.78, 5) is 0. The van der Waals surface area contributed by atoms with Crippen LogP contribution in [-0.4, -0.2) is 26.4 Å². The van der Waals surface area contributed by atoms with E-state index in [0.29, 0.717) is 50.1 Å². The third kappa shape index (κ3) is 7.13. The normalized spacial score (nSPS) is 22.5. The van der Waals surface area contributed by atoms with E-state index >= 15 is 0 Å². The molecule has 4 nitrogen and oxygen atoms in total. The van der Waals surface area contributed by atoms with E-state index in [-0.39, 0.29) is 0 Å². The molecule has 0 aromatic heterocycles. The molecule has 296 valence electrons. The number of benzene rings is 4. The Morgan fingerprint density at radius 3 is 0.821 bits per heavy atom. The van der Waals surface area contributed by atoms with E-state index in [1.807, 2.05) is 0 Å². The predicted octanol–water partition coefficient (Wildman–Crippen LogP) is 12.6. The number of ether oxygens (including phenoxy) is 4. The molecule has 0 radical (unpaired) electrons. The van der Waals surface area contributed by atoms with Crippen LogP contribution in [0.3, 0.4) is 0 Å². The van der Waals surface area contributed by atoms with Crippen molar-refractivity contribution in [2.45, 2.75) is 154 Å². The van der Waals surface area contributed by atoms with Crippen LogP contribution in [0.5, 0.6) is 23.0 Å². The SMILES string of the molecule is CCOc1c2cc3cc1[C@H]1CC[C@H]1c1cc(cc(c1OCC)Cc1cc4cc(c1OCC)[C@H]1CC[C@H]1c1cc(cc(c1OCC)C2)CCCCC4)CCCCC3. The fourth-order valence-electron chi connectivity index (χ4n) is 11.2. The average Bonchev–Trinajstić information content (AvgIpc) is 3.15. The first-order valence-electron chi connectivity index (χ1n) is 22.7. The Morgan fingerprint density at radius 2 is 0.607 bits per heavy atom. The summed E-state index contributed by atoms with van der Waals surface area (Å²) in [5.74, 6) is 6.08. The molecule has 0 heterocycles. The van der Waals surface area contributed by atoms with Crippen LogP contribution >= 0.6 is 0 Å². The zero-order valence-corrected chi connectivity index (χ0v) is 34.7. The topological polar surface area (TPSA) is 36.9 Å². The van der Waals surface area contributed by atoms with Crippen molar-refractivity contribution in [3.05, 3.63) is 115 Å². The molecule has 12 bridgehead atoms. The van der Waals surface area contributed by atoms with Gasteiger partial charge in [0.1, 0.15) is 23.0 Å². The zero-order valence-electron chi connectivity index (χ0n) is 34.7. The van der Waals surface area contributed by atoms with Gasteiger partial charge in [0.05, 0.1) is 26.4 Å². The molecule has 4 aromatic carbocycles. The summed E-state index contributed by atoms with van der Waals surface area (Å²) in [6.45, 7) is 11.3. The molecule has 4 aromatic rings. The minimum atomic E-state index is 0.393. The van der Waals surface area contributed by atoms with E-state index in [0.717, 1.165) is 61.5 Å². The first-order valence-corrected chi connectivity index (χ1v) is 22.7. The Hall–Kier alpha value is -3.92. The lowest BCUT2D eigenvalue weighted by Gasteiger charge is -2.41. The van der Waals surface area contributed by atoms with Crippen LogP contribution in [0.1, 0.15) is 182 Å². The number of hydrogen-bond donors (Lipinski definition) is 0. The summed E-state index contributed by atoms with van der Waals surface area (Å²) in [6, 6.07) is 20.3. The van der Waals surface area contributed by atoms with Gasteiger partial charge in [-0.05, 0) is 195 Å². The molecule has 2 fully saturated rings. The smallest absolute Gasteiger partial charge is 0.126 e. The first kappa shape index (κ1) is 37.6. The van der Waals surface area contributed by atoms with Crippen LogP contribution in [-0.2, 0) is 38.5 Å². The molecule has 2 saturated carbocycles. The second-order valence-corrected chi connectivity index (χ2v) is 17.5. The van der Waals surface area contributed by atoms with Crippen molar-refractivity contribution < 1.29 is 18.9 Å². The van der Waals surface area contributed by atoms with Crippen molar-refractivity contribution in [3.63, 3.8) is 0 Å². The van der Waals surface area contributed by atoms with E-state index in [2.05, 4.69) is 76.2 Å². The van der Waals surface area contributed by atoms with Crippen molar-refractivity contribution in [1.82, 2.24) is 0 Å². The number of fused-ring (bicyclic) bond motifs is 8. The van der Waals surface area contributed by atoms with E-state index < -0.39 is 0 Å². The maximum absolute atomic E-state index is 6.85. The second kappa shape index (κ2) is 16.5. The second-order valence-electron chi connectivity index (χ2n) is 17.5. The van der Waals surface area contributed by atoms with Crippen LogP contribution in [0, 0.1) is 0 Å². The largest absolute Gasteiger partial charge is 0.493 e. The quantitative estimate of drug-likeness (QED) is 0.180. The van der Waals surface area contributed by atoms with Gasteiger partial charge in [0.25, 0.3) is 0 Å². The van der Waals surface area contributed by atoms with Crippen LogP contribution in [0.2, 0.25) is 0 Å². The van der Waals surface area contributed by atoms with Crippen LogP contribution in [0.25, 0.3) is 0 Å². The van der Waals surface area contributed by atoms with Gasteiger partial charge >= 0.3 is 0 Å². The molecule has 0 amide bonds. The minimum absolute atomic E-state index is 0.393. The van der Waals surface area contributed by atoms with Crippen molar-refractivity contribution in [2.24, 2.45) is 0 Å². The summed E-state index contributed by atoms with van der Waals surface area (Å²) in [5.41, 5.74) is 16.9. The molecule has 5 aliphatic rings.